The molecule has 34 heavy (non-hydrogen) atoms. The van der Waals surface area contributed by atoms with Crippen LogP contribution in [-0.2, 0) is 16.0 Å². The van der Waals surface area contributed by atoms with E-state index in [1.807, 2.05) is 85.8 Å². The van der Waals surface area contributed by atoms with E-state index in [0.717, 1.165) is 27.8 Å². The molecule has 4 rings (SSSR count). The summed E-state index contributed by atoms with van der Waals surface area (Å²) in [5.74, 6) is -0.504. The molecule has 1 heterocycles. The average Bonchev–Trinajstić information content (AvgIpc) is 2.85. The highest BCUT2D eigenvalue weighted by atomic mass is 16.6. The van der Waals surface area contributed by atoms with E-state index >= 15 is 0 Å². The zero-order valence-electron chi connectivity index (χ0n) is 18.5. The molecule has 170 valence electrons. The molecule has 0 saturated heterocycles. The first-order chi connectivity index (χ1) is 16.5. The Labute approximate surface area is 197 Å². The molecule has 0 bridgehead atoms. The molecule has 0 radical (unpaired) electrons. The van der Waals surface area contributed by atoms with Crippen LogP contribution in [0.4, 0.5) is 10.6 Å². The lowest BCUT2D eigenvalue weighted by Crippen LogP contribution is -2.17. The number of nitrogens with zero attached hydrogens (tertiary/aromatic N) is 2. The van der Waals surface area contributed by atoms with Crippen molar-refractivity contribution in [3.05, 3.63) is 103 Å². The lowest BCUT2D eigenvalue weighted by atomic mass is 10.00. The summed E-state index contributed by atoms with van der Waals surface area (Å²) in [5, 5.41) is 11.6. The van der Waals surface area contributed by atoms with Crippen molar-refractivity contribution >= 4 is 17.9 Å². The Bertz CT molecular complexity index is 1270. The van der Waals surface area contributed by atoms with Crippen LogP contribution in [0.15, 0.2) is 91.4 Å². The van der Waals surface area contributed by atoms with Gasteiger partial charge in [0.15, 0.2) is 0 Å². The Morgan fingerprint density at radius 2 is 1.53 bits per heavy atom. The van der Waals surface area contributed by atoms with Gasteiger partial charge in [0.25, 0.3) is 0 Å². The number of carboxylic acid groups (broad SMARTS) is 1. The summed E-state index contributed by atoms with van der Waals surface area (Å²) in [6, 6.07) is 24.7. The quantitative estimate of drug-likeness (QED) is 0.370. The Balaban J connectivity index is 1.48. The smallest absolute Gasteiger partial charge is 0.413 e. The van der Waals surface area contributed by atoms with Crippen LogP contribution in [0, 0.1) is 0 Å². The number of carboxylic acids is 1. The van der Waals surface area contributed by atoms with Crippen LogP contribution in [0.5, 0.6) is 0 Å². The minimum Gasteiger partial charge on any atom is -0.481 e. The van der Waals surface area contributed by atoms with Crippen molar-refractivity contribution in [1.29, 1.82) is 0 Å². The summed E-state index contributed by atoms with van der Waals surface area (Å²) in [6.45, 7) is 1.81. The van der Waals surface area contributed by atoms with Gasteiger partial charge in [-0.3, -0.25) is 10.1 Å². The first-order valence-electron chi connectivity index (χ1n) is 10.7. The number of hydrogen-bond donors (Lipinski definition) is 2. The molecule has 0 fully saturated rings. The topological polar surface area (TPSA) is 101 Å². The average molecular weight is 453 g/mol. The number of anilines is 1. The highest BCUT2D eigenvalue weighted by Crippen LogP contribution is 2.29. The van der Waals surface area contributed by atoms with Gasteiger partial charge in [0.2, 0.25) is 0 Å². The normalized spacial score (nSPS) is 11.4. The van der Waals surface area contributed by atoms with Gasteiger partial charge >= 0.3 is 12.1 Å². The van der Waals surface area contributed by atoms with E-state index < -0.39 is 18.2 Å². The lowest BCUT2D eigenvalue weighted by molar-refractivity contribution is -0.136. The summed E-state index contributed by atoms with van der Waals surface area (Å²) >= 11 is 0. The van der Waals surface area contributed by atoms with Gasteiger partial charge in [-0.15, -0.1) is 0 Å². The molecule has 7 heteroatoms. The Hall–Kier alpha value is -4.52. The maximum absolute atomic E-state index is 12.5. The molecule has 3 aromatic carbocycles. The van der Waals surface area contributed by atoms with Gasteiger partial charge in [-0.25, -0.2) is 14.8 Å². The van der Waals surface area contributed by atoms with Crippen LogP contribution in [0.1, 0.15) is 24.2 Å². The second kappa shape index (κ2) is 10.4. The number of nitrogens with one attached hydrogen (secondary N) is 1. The first kappa shape index (κ1) is 22.7. The molecule has 1 amide bonds. The molecule has 0 saturated carbocycles. The van der Waals surface area contributed by atoms with E-state index in [9.17, 15) is 9.59 Å². The molecule has 1 atom stereocenters. The van der Waals surface area contributed by atoms with Crippen molar-refractivity contribution in [3.63, 3.8) is 0 Å². The first-order valence-corrected chi connectivity index (χ1v) is 10.7. The number of aromatic nitrogens is 2. The predicted molar refractivity (Wildman–Crippen MR) is 129 cm³/mol. The van der Waals surface area contributed by atoms with Gasteiger partial charge in [0, 0.05) is 11.8 Å². The number of ether oxygens (including phenoxy) is 1. The molecule has 0 spiro atoms. The molecule has 1 aromatic heterocycles. The summed E-state index contributed by atoms with van der Waals surface area (Å²) in [5.41, 5.74) is 5.09. The van der Waals surface area contributed by atoms with Crippen molar-refractivity contribution in [2.24, 2.45) is 0 Å². The fourth-order valence-electron chi connectivity index (χ4n) is 3.55. The van der Waals surface area contributed by atoms with E-state index in [0.29, 0.717) is 11.4 Å². The zero-order chi connectivity index (χ0) is 23.9. The van der Waals surface area contributed by atoms with E-state index in [1.165, 1.54) is 6.33 Å². The van der Waals surface area contributed by atoms with E-state index in [-0.39, 0.29) is 6.42 Å². The minimum absolute atomic E-state index is 0.00440. The van der Waals surface area contributed by atoms with Gasteiger partial charge in [-0.05, 0) is 34.7 Å². The number of rotatable bonds is 7. The van der Waals surface area contributed by atoms with Crippen molar-refractivity contribution in [3.8, 4) is 22.3 Å². The molecule has 1 unspecified atom stereocenters. The van der Waals surface area contributed by atoms with Crippen molar-refractivity contribution < 1.29 is 19.4 Å². The van der Waals surface area contributed by atoms with Gasteiger partial charge in [-0.1, -0.05) is 78.9 Å². The standard InChI is InChI=1S/C27H23N3O4/c1-18(20-5-3-2-4-6-20)34-27(33)30-26-24(16-28-17-29-26)23-13-11-22(12-14-23)21-9-7-19(8-10-21)15-25(31)32/h2-14,16-18H,15H2,1H3,(H,31,32)(H,28,29,30,33). The van der Waals surface area contributed by atoms with Crippen LogP contribution in [-0.4, -0.2) is 27.1 Å². The van der Waals surface area contributed by atoms with Crippen LogP contribution in [0.2, 0.25) is 0 Å². The second-order valence-electron chi connectivity index (χ2n) is 7.71. The Morgan fingerprint density at radius 1 is 0.912 bits per heavy atom. The monoisotopic (exact) mass is 453 g/mol. The number of carbonyl (C=O) groups is 2. The van der Waals surface area contributed by atoms with Crippen LogP contribution in [0.25, 0.3) is 22.3 Å². The summed E-state index contributed by atoms with van der Waals surface area (Å²) < 4.78 is 5.49. The molecular formula is C27H23N3O4. The fourth-order valence-corrected chi connectivity index (χ4v) is 3.55. The summed E-state index contributed by atoms with van der Waals surface area (Å²) in [6.07, 6.45) is 1.99. The molecular weight excluding hydrogens is 430 g/mol. The Morgan fingerprint density at radius 3 is 2.18 bits per heavy atom. The SMILES string of the molecule is CC(OC(=O)Nc1ncncc1-c1ccc(-c2ccc(CC(=O)O)cc2)cc1)c1ccccc1. The largest absolute Gasteiger partial charge is 0.481 e. The van der Waals surface area contributed by atoms with Crippen molar-refractivity contribution in [1.82, 2.24) is 9.97 Å². The minimum atomic E-state index is -0.856. The number of carbonyl (C=O) groups excluding carboxylic acids is 1. The maximum atomic E-state index is 12.5. The highest BCUT2D eigenvalue weighted by Gasteiger charge is 2.15. The van der Waals surface area contributed by atoms with Crippen LogP contribution >= 0.6 is 0 Å². The van der Waals surface area contributed by atoms with E-state index in [1.54, 1.807) is 6.20 Å². The molecule has 0 aliphatic heterocycles. The molecule has 2 N–H and O–H groups in total. The summed E-state index contributed by atoms with van der Waals surface area (Å²) in [4.78, 5) is 31.7. The van der Waals surface area contributed by atoms with Gasteiger partial charge in [-0.2, -0.15) is 0 Å². The highest BCUT2D eigenvalue weighted by molar-refractivity contribution is 5.89. The van der Waals surface area contributed by atoms with E-state index in [2.05, 4.69) is 15.3 Å². The van der Waals surface area contributed by atoms with Crippen molar-refractivity contribution in [2.45, 2.75) is 19.4 Å². The number of amides is 1. The molecule has 0 aliphatic rings. The lowest BCUT2D eigenvalue weighted by Gasteiger charge is -2.15. The van der Waals surface area contributed by atoms with Crippen LogP contribution < -0.4 is 5.32 Å². The third-order valence-corrected chi connectivity index (χ3v) is 5.32. The number of hydrogen-bond acceptors (Lipinski definition) is 5. The maximum Gasteiger partial charge on any atom is 0.413 e. The van der Waals surface area contributed by atoms with Gasteiger partial charge < -0.3 is 9.84 Å². The fraction of sp³-hybridized carbons (Fsp3) is 0.111. The van der Waals surface area contributed by atoms with Gasteiger partial charge in [0.05, 0.1) is 6.42 Å². The number of aliphatic carboxylic acids is 1. The molecule has 7 nitrogen and oxygen atoms in total. The second-order valence-corrected chi connectivity index (χ2v) is 7.71. The Kier molecular flexibility index (Phi) is 6.93. The summed E-state index contributed by atoms with van der Waals surface area (Å²) in [7, 11) is 0. The molecule has 4 aromatic rings. The zero-order valence-corrected chi connectivity index (χ0v) is 18.5. The van der Waals surface area contributed by atoms with E-state index in [4.69, 9.17) is 9.84 Å². The molecule has 0 aliphatic carbocycles. The van der Waals surface area contributed by atoms with Gasteiger partial charge in [0.1, 0.15) is 18.2 Å². The predicted octanol–water partition coefficient (Wildman–Crippen LogP) is 5.75. The number of benzene rings is 3. The third-order valence-electron chi connectivity index (χ3n) is 5.32. The van der Waals surface area contributed by atoms with Crippen LogP contribution in [0.3, 0.4) is 0 Å². The third kappa shape index (κ3) is 5.63. The van der Waals surface area contributed by atoms with Crippen molar-refractivity contribution in [2.75, 3.05) is 5.32 Å².